The van der Waals surface area contributed by atoms with E-state index in [0.717, 1.165) is 17.7 Å². The number of hydrogen-bond donors (Lipinski definition) is 1. The first kappa shape index (κ1) is 13.8. The summed E-state index contributed by atoms with van der Waals surface area (Å²) in [5.74, 6) is 0.974. The Morgan fingerprint density at radius 3 is 2.29 bits per heavy atom. The Morgan fingerprint density at radius 2 is 1.88 bits per heavy atom. The van der Waals surface area contributed by atoms with Crippen LogP contribution in [0, 0.1) is 13.8 Å². The zero-order valence-corrected chi connectivity index (χ0v) is 11.3. The van der Waals surface area contributed by atoms with Gasteiger partial charge in [-0.15, -0.1) is 0 Å². The second-order valence-corrected chi connectivity index (χ2v) is 4.99. The molecular formula is C15H23NO. The lowest BCUT2D eigenvalue weighted by atomic mass is 10.0. The molecule has 0 spiro atoms. The fourth-order valence-electron chi connectivity index (χ4n) is 1.95. The molecular weight excluding hydrogens is 210 g/mol. The molecule has 17 heavy (non-hydrogen) atoms. The Morgan fingerprint density at radius 1 is 1.35 bits per heavy atom. The minimum Gasteiger partial charge on any atom is -0.489 e. The Balaban J connectivity index is 2.90. The maximum Gasteiger partial charge on any atom is 0.125 e. The van der Waals surface area contributed by atoms with Crippen molar-refractivity contribution < 1.29 is 4.74 Å². The monoisotopic (exact) mass is 233 g/mol. The average molecular weight is 233 g/mol. The maximum absolute atomic E-state index is 5.82. The molecule has 1 atom stereocenters. The predicted octanol–water partition coefficient (Wildman–Crippen LogP) is 3.15. The topological polar surface area (TPSA) is 35.2 Å². The van der Waals surface area contributed by atoms with Gasteiger partial charge in [-0.25, -0.2) is 0 Å². The van der Waals surface area contributed by atoms with Crippen LogP contribution in [0.1, 0.15) is 30.5 Å². The van der Waals surface area contributed by atoms with Gasteiger partial charge in [-0.1, -0.05) is 18.7 Å². The fourth-order valence-corrected chi connectivity index (χ4v) is 1.95. The van der Waals surface area contributed by atoms with Crippen molar-refractivity contribution in [1.82, 2.24) is 0 Å². The van der Waals surface area contributed by atoms with E-state index in [2.05, 4.69) is 32.6 Å². The van der Waals surface area contributed by atoms with Gasteiger partial charge < -0.3 is 10.5 Å². The van der Waals surface area contributed by atoms with Crippen molar-refractivity contribution in [3.63, 3.8) is 0 Å². The third-order valence-electron chi connectivity index (χ3n) is 2.54. The minimum absolute atomic E-state index is 0.191. The Bertz CT molecular complexity index is 384. The van der Waals surface area contributed by atoms with E-state index >= 15 is 0 Å². The highest BCUT2D eigenvalue weighted by Crippen LogP contribution is 2.25. The molecule has 0 fully saturated rings. The number of benzene rings is 1. The highest BCUT2D eigenvalue weighted by Gasteiger charge is 2.07. The molecule has 1 unspecified atom stereocenters. The molecule has 2 N–H and O–H groups in total. The zero-order valence-electron chi connectivity index (χ0n) is 11.3. The first-order valence-electron chi connectivity index (χ1n) is 6.03. The van der Waals surface area contributed by atoms with E-state index in [1.807, 2.05) is 13.8 Å². The van der Waals surface area contributed by atoms with Gasteiger partial charge in [-0.2, -0.15) is 0 Å². The van der Waals surface area contributed by atoms with Gasteiger partial charge in [0, 0.05) is 6.04 Å². The van der Waals surface area contributed by atoms with Gasteiger partial charge in [-0.05, 0) is 56.4 Å². The highest BCUT2D eigenvalue weighted by molar-refractivity contribution is 5.43. The van der Waals surface area contributed by atoms with Gasteiger partial charge in [0.05, 0.1) is 0 Å². The lowest BCUT2D eigenvalue weighted by molar-refractivity contribution is 0.347. The molecule has 0 aliphatic rings. The summed E-state index contributed by atoms with van der Waals surface area (Å²) in [5, 5.41) is 0. The standard InChI is InChI=1S/C15H23NO/c1-10(2)9-17-15-11(3)6-14(7-12(15)4)8-13(5)16/h6-7,13H,1,8-9,16H2,2-5H3. The van der Waals surface area contributed by atoms with Crippen molar-refractivity contribution in [1.29, 1.82) is 0 Å². The molecule has 0 aliphatic heterocycles. The number of aryl methyl sites for hydroxylation is 2. The summed E-state index contributed by atoms with van der Waals surface area (Å²) in [4.78, 5) is 0. The first-order chi connectivity index (χ1) is 7.90. The van der Waals surface area contributed by atoms with Crippen molar-refractivity contribution >= 4 is 0 Å². The normalized spacial score (nSPS) is 12.3. The van der Waals surface area contributed by atoms with Crippen molar-refractivity contribution in [2.24, 2.45) is 5.73 Å². The summed E-state index contributed by atoms with van der Waals surface area (Å²) in [7, 11) is 0. The van der Waals surface area contributed by atoms with E-state index in [9.17, 15) is 0 Å². The third-order valence-corrected chi connectivity index (χ3v) is 2.54. The fraction of sp³-hybridized carbons (Fsp3) is 0.467. The summed E-state index contributed by atoms with van der Waals surface area (Å²) >= 11 is 0. The summed E-state index contributed by atoms with van der Waals surface area (Å²) in [6.07, 6.45) is 0.905. The Labute approximate surface area is 104 Å². The molecule has 0 aromatic heterocycles. The lowest BCUT2D eigenvalue weighted by Crippen LogP contribution is -2.18. The smallest absolute Gasteiger partial charge is 0.125 e. The molecule has 0 heterocycles. The minimum atomic E-state index is 0.191. The van der Waals surface area contributed by atoms with Crippen LogP contribution in [-0.4, -0.2) is 12.6 Å². The second-order valence-electron chi connectivity index (χ2n) is 4.99. The number of nitrogens with two attached hydrogens (primary N) is 1. The number of ether oxygens (including phenoxy) is 1. The zero-order chi connectivity index (χ0) is 13.0. The molecule has 1 aromatic rings. The van der Waals surface area contributed by atoms with Crippen LogP contribution in [0.15, 0.2) is 24.3 Å². The predicted molar refractivity (Wildman–Crippen MR) is 73.6 cm³/mol. The maximum atomic E-state index is 5.82. The third kappa shape index (κ3) is 4.23. The van der Waals surface area contributed by atoms with E-state index in [0.29, 0.717) is 6.61 Å². The molecule has 1 aromatic carbocycles. The number of hydrogen-bond acceptors (Lipinski definition) is 2. The number of rotatable bonds is 5. The molecule has 94 valence electrons. The van der Waals surface area contributed by atoms with Crippen molar-refractivity contribution in [3.8, 4) is 5.75 Å². The van der Waals surface area contributed by atoms with Crippen LogP contribution in [0.2, 0.25) is 0 Å². The SMILES string of the molecule is C=C(C)COc1c(C)cc(CC(C)N)cc1C. The molecule has 0 saturated heterocycles. The van der Waals surface area contributed by atoms with Gasteiger partial charge in [-0.3, -0.25) is 0 Å². The molecule has 1 rings (SSSR count). The first-order valence-corrected chi connectivity index (χ1v) is 6.03. The molecule has 0 aliphatic carbocycles. The average Bonchev–Trinajstić information content (AvgIpc) is 2.14. The van der Waals surface area contributed by atoms with E-state index in [1.54, 1.807) is 0 Å². The van der Waals surface area contributed by atoms with Crippen molar-refractivity contribution in [2.45, 2.75) is 40.2 Å². The molecule has 0 radical (unpaired) electrons. The Kier molecular flexibility index (Phi) is 4.76. The van der Waals surface area contributed by atoms with Crippen LogP contribution in [0.4, 0.5) is 0 Å². The van der Waals surface area contributed by atoms with Crippen LogP contribution in [0.3, 0.4) is 0 Å². The largest absolute Gasteiger partial charge is 0.489 e. The quantitative estimate of drug-likeness (QED) is 0.793. The second kappa shape index (κ2) is 5.87. The molecule has 2 nitrogen and oxygen atoms in total. The summed E-state index contributed by atoms with van der Waals surface area (Å²) in [6, 6.07) is 4.50. The molecule has 0 saturated carbocycles. The van der Waals surface area contributed by atoms with Crippen molar-refractivity contribution in [3.05, 3.63) is 41.0 Å². The van der Waals surface area contributed by atoms with Crippen LogP contribution in [0.5, 0.6) is 5.75 Å². The molecule has 2 heteroatoms. The van der Waals surface area contributed by atoms with Crippen LogP contribution in [-0.2, 0) is 6.42 Å². The van der Waals surface area contributed by atoms with E-state index in [4.69, 9.17) is 10.5 Å². The van der Waals surface area contributed by atoms with Gasteiger partial charge in [0.15, 0.2) is 0 Å². The summed E-state index contributed by atoms with van der Waals surface area (Å²) < 4.78 is 5.76. The van der Waals surface area contributed by atoms with E-state index < -0.39 is 0 Å². The van der Waals surface area contributed by atoms with Gasteiger partial charge in [0.2, 0.25) is 0 Å². The highest BCUT2D eigenvalue weighted by atomic mass is 16.5. The molecule has 0 bridgehead atoms. The van der Waals surface area contributed by atoms with Crippen LogP contribution < -0.4 is 10.5 Å². The van der Waals surface area contributed by atoms with Gasteiger partial charge in [0.1, 0.15) is 12.4 Å². The summed E-state index contributed by atoms with van der Waals surface area (Å²) in [5.41, 5.74) is 10.5. The summed E-state index contributed by atoms with van der Waals surface area (Å²) in [6.45, 7) is 12.6. The van der Waals surface area contributed by atoms with Gasteiger partial charge in [0.25, 0.3) is 0 Å². The van der Waals surface area contributed by atoms with E-state index in [-0.39, 0.29) is 6.04 Å². The van der Waals surface area contributed by atoms with Crippen LogP contribution in [0.25, 0.3) is 0 Å². The molecule has 0 amide bonds. The van der Waals surface area contributed by atoms with Crippen LogP contribution >= 0.6 is 0 Å². The van der Waals surface area contributed by atoms with Crippen molar-refractivity contribution in [2.75, 3.05) is 6.61 Å². The Hall–Kier alpha value is -1.28. The van der Waals surface area contributed by atoms with E-state index in [1.165, 1.54) is 16.7 Å². The lowest BCUT2D eigenvalue weighted by Gasteiger charge is -2.15. The van der Waals surface area contributed by atoms with Gasteiger partial charge >= 0.3 is 0 Å².